The van der Waals surface area contributed by atoms with Gasteiger partial charge < -0.3 is 10.2 Å². The lowest BCUT2D eigenvalue weighted by molar-refractivity contribution is -0.125. The minimum atomic E-state index is 0.0975. The average molecular weight is 280 g/mol. The molecule has 0 aromatic carbocycles. The zero-order chi connectivity index (χ0) is 14.5. The van der Waals surface area contributed by atoms with Gasteiger partial charge in [0.2, 0.25) is 5.91 Å². The zero-order valence-electron chi connectivity index (χ0n) is 13.5. The second-order valence-electron chi connectivity index (χ2n) is 7.24. The standard InChI is InChI=1S/C17H32N2O/c1-4-14-9-16(18-17(20)13(2)3)12-19(10-14)11-15-7-5-6-8-15/h13-16H,4-12H2,1-3H3,(H,18,20). The summed E-state index contributed by atoms with van der Waals surface area (Å²) in [5.41, 5.74) is 0. The monoisotopic (exact) mass is 280 g/mol. The second-order valence-corrected chi connectivity index (χ2v) is 7.24. The fraction of sp³-hybridized carbons (Fsp3) is 0.941. The van der Waals surface area contributed by atoms with E-state index in [4.69, 9.17) is 0 Å². The molecule has 1 saturated heterocycles. The van der Waals surface area contributed by atoms with Crippen molar-refractivity contribution >= 4 is 5.91 Å². The number of rotatable bonds is 5. The van der Waals surface area contributed by atoms with E-state index in [2.05, 4.69) is 17.1 Å². The lowest BCUT2D eigenvalue weighted by Crippen LogP contribution is -2.52. The van der Waals surface area contributed by atoms with Crippen LogP contribution < -0.4 is 5.32 Å². The first-order valence-corrected chi connectivity index (χ1v) is 8.61. The number of nitrogens with zero attached hydrogens (tertiary/aromatic N) is 1. The molecule has 0 aromatic heterocycles. The van der Waals surface area contributed by atoms with Gasteiger partial charge in [0.1, 0.15) is 0 Å². The van der Waals surface area contributed by atoms with Crippen molar-refractivity contribution in [3.63, 3.8) is 0 Å². The Labute approximate surface area is 124 Å². The summed E-state index contributed by atoms with van der Waals surface area (Å²) in [6, 6.07) is 0.366. The molecule has 2 unspecified atom stereocenters. The average Bonchev–Trinajstić information content (AvgIpc) is 2.91. The molecular formula is C17H32N2O. The highest BCUT2D eigenvalue weighted by molar-refractivity contribution is 5.78. The van der Waals surface area contributed by atoms with E-state index in [1.807, 2.05) is 13.8 Å². The molecule has 0 aromatic rings. The molecule has 20 heavy (non-hydrogen) atoms. The van der Waals surface area contributed by atoms with E-state index in [9.17, 15) is 4.79 Å². The molecule has 0 spiro atoms. The van der Waals surface area contributed by atoms with Crippen molar-refractivity contribution in [2.45, 2.75) is 65.3 Å². The van der Waals surface area contributed by atoms with Gasteiger partial charge in [-0.1, -0.05) is 40.0 Å². The van der Waals surface area contributed by atoms with Crippen LogP contribution in [0.15, 0.2) is 0 Å². The largest absolute Gasteiger partial charge is 0.352 e. The molecule has 2 aliphatic rings. The maximum Gasteiger partial charge on any atom is 0.222 e. The highest BCUT2D eigenvalue weighted by atomic mass is 16.1. The molecule has 116 valence electrons. The molecule has 3 heteroatoms. The number of hydrogen-bond donors (Lipinski definition) is 1. The van der Waals surface area contributed by atoms with Crippen LogP contribution in [0.25, 0.3) is 0 Å². The fourth-order valence-electron chi connectivity index (χ4n) is 3.78. The van der Waals surface area contributed by atoms with Gasteiger partial charge in [-0.05, 0) is 31.1 Å². The number of hydrogen-bond acceptors (Lipinski definition) is 2. The van der Waals surface area contributed by atoms with Gasteiger partial charge in [-0.3, -0.25) is 4.79 Å². The van der Waals surface area contributed by atoms with Gasteiger partial charge in [0.25, 0.3) is 0 Å². The van der Waals surface area contributed by atoms with Crippen LogP contribution >= 0.6 is 0 Å². The Hall–Kier alpha value is -0.570. The molecule has 1 aliphatic heterocycles. The first kappa shape index (κ1) is 15.8. The summed E-state index contributed by atoms with van der Waals surface area (Å²) < 4.78 is 0. The molecule has 3 nitrogen and oxygen atoms in total. The van der Waals surface area contributed by atoms with Crippen LogP contribution in [0.3, 0.4) is 0 Å². The summed E-state index contributed by atoms with van der Waals surface area (Å²) in [6.45, 7) is 9.79. The van der Waals surface area contributed by atoms with Crippen LogP contribution in [0.2, 0.25) is 0 Å². The van der Waals surface area contributed by atoms with Gasteiger partial charge in [0.05, 0.1) is 0 Å². The first-order valence-electron chi connectivity index (χ1n) is 8.61. The highest BCUT2D eigenvalue weighted by Gasteiger charge is 2.29. The predicted molar refractivity (Wildman–Crippen MR) is 83.6 cm³/mol. The normalized spacial score (nSPS) is 29.0. The molecule has 2 rings (SSSR count). The van der Waals surface area contributed by atoms with Crippen LogP contribution in [-0.4, -0.2) is 36.5 Å². The number of amides is 1. The minimum Gasteiger partial charge on any atom is -0.352 e. The van der Waals surface area contributed by atoms with Crippen LogP contribution in [-0.2, 0) is 4.79 Å². The van der Waals surface area contributed by atoms with Gasteiger partial charge in [-0.15, -0.1) is 0 Å². The Balaban J connectivity index is 1.87. The van der Waals surface area contributed by atoms with Gasteiger partial charge >= 0.3 is 0 Å². The van der Waals surface area contributed by atoms with E-state index in [1.165, 1.54) is 45.2 Å². The smallest absolute Gasteiger partial charge is 0.222 e. The molecule has 1 N–H and O–H groups in total. The Morgan fingerprint density at radius 2 is 1.90 bits per heavy atom. The third kappa shape index (κ3) is 4.47. The van der Waals surface area contributed by atoms with Crippen molar-refractivity contribution in [1.82, 2.24) is 10.2 Å². The van der Waals surface area contributed by atoms with E-state index in [1.54, 1.807) is 0 Å². The molecule has 2 fully saturated rings. The SMILES string of the molecule is CCC1CC(NC(=O)C(C)C)CN(CC2CCCC2)C1. The Bertz CT molecular complexity index is 310. The molecule has 0 radical (unpaired) electrons. The van der Waals surface area contributed by atoms with Crippen LogP contribution in [0.1, 0.15) is 59.3 Å². The van der Waals surface area contributed by atoms with E-state index >= 15 is 0 Å². The number of carbonyl (C=O) groups excluding carboxylic acids is 1. The molecule has 1 saturated carbocycles. The highest BCUT2D eigenvalue weighted by Crippen LogP contribution is 2.28. The Kier molecular flexibility index (Phi) is 5.88. The first-order chi connectivity index (χ1) is 9.58. The molecule has 1 aliphatic carbocycles. The summed E-state index contributed by atoms with van der Waals surface area (Å²) >= 11 is 0. The summed E-state index contributed by atoms with van der Waals surface area (Å²) in [4.78, 5) is 14.6. The molecule has 2 atom stereocenters. The lowest BCUT2D eigenvalue weighted by Gasteiger charge is -2.39. The zero-order valence-corrected chi connectivity index (χ0v) is 13.5. The van der Waals surface area contributed by atoms with E-state index in [0.29, 0.717) is 6.04 Å². The van der Waals surface area contributed by atoms with Crippen molar-refractivity contribution in [3.8, 4) is 0 Å². The van der Waals surface area contributed by atoms with Crippen molar-refractivity contribution in [2.24, 2.45) is 17.8 Å². The number of likely N-dealkylation sites (tertiary alicyclic amines) is 1. The Morgan fingerprint density at radius 1 is 1.20 bits per heavy atom. The molecular weight excluding hydrogens is 248 g/mol. The van der Waals surface area contributed by atoms with Crippen molar-refractivity contribution in [3.05, 3.63) is 0 Å². The van der Waals surface area contributed by atoms with Gasteiger partial charge in [0.15, 0.2) is 0 Å². The minimum absolute atomic E-state index is 0.0975. The van der Waals surface area contributed by atoms with Gasteiger partial charge in [-0.25, -0.2) is 0 Å². The summed E-state index contributed by atoms with van der Waals surface area (Å²) in [7, 11) is 0. The van der Waals surface area contributed by atoms with Crippen LogP contribution in [0.5, 0.6) is 0 Å². The van der Waals surface area contributed by atoms with E-state index < -0.39 is 0 Å². The van der Waals surface area contributed by atoms with Gasteiger partial charge in [-0.2, -0.15) is 0 Å². The number of piperidine rings is 1. The summed E-state index contributed by atoms with van der Waals surface area (Å²) in [5.74, 6) is 1.97. The van der Waals surface area contributed by atoms with Gasteiger partial charge in [0, 0.05) is 31.6 Å². The van der Waals surface area contributed by atoms with Crippen LogP contribution in [0.4, 0.5) is 0 Å². The van der Waals surface area contributed by atoms with Crippen molar-refractivity contribution in [1.29, 1.82) is 0 Å². The predicted octanol–water partition coefficient (Wildman–Crippen LogP) is 3.05. The number of nitrogens with one attached hydrogen (secondary N) is 1. The second kappa shape index (κ2) is 7.44. The quantitative estimate of drug-likeness (QED) is 0.839. The maximum absolute atomic E-state index is 11.9. The summed E-state index contributed by atoms with van der Waals surface area (Å²) in [6.07, 6.45) is 8.06. The fourth-order valence-corrected chi connectivity index (χ4v) is 3.78. The maximum atomic E-state index is 11.9. The number of carbonyl (C=O) groups is 1. The third-order valence-electron chi connectivity index (χ3n) is 5.05. The van der Waals surface area contributed by atoms with E-state index in [-0.39, 0.29) is 11.8 Å². The van der Waals surface area contributed by atoms with Crippen molar-refractivity contribution in [2.75, 3.05) is 19.6 Å². The lowest BCUT2D eigenvalue weighted by atomic mass is 9.91. The molecule has 1 heterocycles. The Morgan fingerprint density at radius 3 is 2.50 bits per heavy atom. The van der Waals surface area contributed by atoms with Crippen LogP contribution in [0, 0.1) is 17.8 Å². The third-order valence-corrected chi connectivity index (χ3v) is 5.05. The van der Waals surface area contributed by atoms with E-state index in [0.717, 1.165) is 24.8 Å². The summed E-state index contributed by atoms with van der Waals surface area (Å²) in [5, 5.41) is 3.26. The topological polar surface area (TPSA) is 32.3 Å². The van der Waals surface area contributed by atoms with Crippen molar-refractivity contribution < 1.29 is 4.79 Å². The molecule has 1 amide bonds. The molecule has 0 bridgehead atoms.